The highest BCUT2D eigenvalue weighted by Crippen LogP contribution is 2.08. The quantitative estimate of drug-likeness (QED) is 0.759. The molecule has 1 aromatic heterocycles. The average Bonchev–Trinajstić information content (AvgIpc) is 3.01. The molecule has 0 fully saturated rings. The van der Waals surface area contributed by atoms with Crippen molar-refractivity contribution < 1.29 is 9.59 Å². The van der Waals surface area contributed by atoms with Crippen molar-refractivity contribution in [3.63, 3.8) is 0 Å². The van der Waals surface area contributed by atoms with Crippen LogP contribution in [0, 0.1) is 13.8 Å². The summed E-state index contributed by atoms with van der Waals surface area (Å²) in [5.41, 5.74) is 2.63. The molecular formula is C17H22N4O2. The molecule has 1 aromatic carbocycles. The second-order valence-corrected chi connectivity index (χ2v) is 5.53. The van der Waals surface area contributed by atoms with Crippen molar-refractivity contribution in [1.82, 2.24) is 20.4 Å². The van der Waals surface area contributed by atoms with Gasteiger partial charge in [-0.15, -0.1) is 0 Å². The molecule has 2 N–H and O–H groups in total. The van der Waals surface area contributed by atoms with Gasteiger partial charge in [-0.1, -0.05) is 17.2 Å². The molecule has 2 aromatic rings. The summed E-state index contributed by atoms with van der Waals surface area (Å²) < 4.78 is 1.81. The van der Waals surface area contributed by atoms with Crippen LogP contribution in [0.25, 0.3) is 0 Å². The van der Waals surface area contributed by atoms with Gasteiger partial charge in [0.05, 0.1) is 6.54 Å². The highest BCUT2D eigenvalue weighted by Gasteiger charge is 2.08. The summed E-state index contributed by atoms with van der Waals surface area (Å²) in [6, 6.07) is 7.48. The van der Waals surface area contributed by atoms with Gasteiger partial charge in [-0.3, -0.25) is 14.3 Å². The third kappa shape index (κ3) is 5.58. The fourth-order valence-corrected chi connectivity index (χ4v) is 2.33. The maximum atomic E-state index is 12.0. The molecule has 0 bridgehead atoms. The third-order valence-corrected chi connectivity index (χ3v) is 3.34. The second kappa shape index (κ2) is 8.12. The highest BCUT2D eigenvalue weighted by atomic mass is 16.2. The fourth-order valence-electron chi connectivity index (χ4n) is 2.33. The van der Waals surface area contributed by atoms with E-state index in [1.165, 1.54) is 0 Å². The normalized spacial score (nSPS) is 10.3. The standard InChI is InChI=1S/C17H22N4O2/c1-13-9-14(2)11-15(10-13)17(23)19-12-16(22)18-5-3-7-21-8-4-6-20-21/h4,6,8-11H,3,5,7,12H2,1-2H3,(H,18,22)(H,19,23). The molecule has 0 atom stereocenters. The summed E-state index contributed by atoms with van der Waals surface area (Å²) in [6.07, 6.45) is 4.39. The van der Waals surface area contributed by atoms with Gasteiger partial charge >= 0.3 is 0 Å². The van der Waals surface area contributed by atoms with Crippen LogP contribution in [0.4, 0.5) is 0 Å². The zero-order valence-corrected chi connectivity index (χ0v) is 13.5. The van der Waals surface area contributed by atoms with E-state index in [1.54, 1.807) is 6.20 Å². The number of carbonyl (C=O) groups is 2. The number of aryl methyl sites for hydroxylation is 3. The van der Waals surface area contributed by atoms with Gasteiger partial charge in [0.25, 0.3) is 5.91 Å². The summed E-state index contributed by atoms with van der Waals surface area (Å²) in [4.78, 5) is 23.8. The van der Waals surface area contributed by atoms with E-state index in [9.17, 15) is 9.59 Å². The number of hydrogen-bond acceptors (Lipinski definition) is 3. The van der Waals surface area contributed by atoms with E-state index in [-0.39, 0.29) is 18.4 Å². The minimum Gasteiger partial charge on any atom is -0.355 e. The Morgan fingerprint density at radius 3 is 2.52 bits per heavy atom. The predicted molar refractivity (Wildman–Crippen MR) is 88.1 cm³/mol. The van der Waals surface area contributed by atoms with Crippen molar-refractivity contribution >= 4 is 11.8 Å². The molecule has 6 heteroatoms. The van der Waals surface area contributed by atoms with Crippen LogP contribution in [-0.4, -0.2) is 34.7 Å². The van der Waals surface area contributed by atoms with E-state index in [4.69, 9.17) is 0 Å². The van der Waals surface area contributed by atoms with Gasteiger partial charge in [0.2, 0.25) is 5.91 Å². The van der Waals surface area contributed by atoms with E-state index < -0.39 is 0 Å². The molecule has 0 aliphatic carbocycles. The number of nitrogens with one attached hydrogen (secondary N) is 2. The third-order valence-electron chi connectivity index (χ3n) is 3.34. The van der Waals surface area contributed by atoms with Crippen molar-refractivity contribution in [2.45, 2.75) is 26.8 Å². The van der Waals surface area contributed by atoms with Gasteiger partial charge in [-0.2, -0.15) is 5.10 Å². The molecule has 122 valence electrons. The molecule has 0 aliphatic heterocycles. The summed E-state index contributed by atoms with van der Waals surface area (Å²) in [7, 11) is 0. The van der Waals surface area contributed by atoms with Crippen molar-refractivity contribution in [1.29, 1.82) is 0 Å². The molecular weight excluding hydrogens is 292 g/mol. The molecule has 6 nitrogen and oxygen atoms in total. The Balaban J connectivity index is 1.68. The lowest BCUT2D eigenvalue weighted by molar-refractivity contribution is -0.120. The lowest BCUT2D eigenvalue weighted by Crippen LogP contribution is -2.37. The van der Waals surface area contributed by atoms with Crippen LogP contribution in [0.15, 0.2) is 36.7 Å². The Morgan fingerprint density at radius 2 is 1.87 bits per heavy atom. The van der Waals surface area contributed by atoms with Crippen LogP contribution in [0.2, 0.25) is 0 Å². The van der Waals surface area contributed by atoms with Crippen molar-refractivity contribution in [2.75, 3.05) is 13.1 Å². The van der Waals surface area contributed by atoms with Crippen molar-refractivity contribution in [3.8, 4) is 0 Å². The molecule has 1 heterocycles. The highest BCUT2D eigenvalue weighted by molar-refractivity contribution is 5.96. The van der Waals surface area contributed by atoms with E-state index in [1.807, 2.05) is 49.0 Å². The van der Waals surface area contributed by atoms with Crippen LogP contribution in [0.3, 0.4) is 0 Å². The maximum absolute atomic E-state index is 12.0. The Morgan fingerprint density at radius 1 is 1.13 bits per heavy atom. The summed E-state index contributed by atoms with van der Waals surface area (Å²) in [5, 5.41) is 9.51. The molecule has 0 aliphatic rings. The monoisotopic (exact) mass is 314 g/mol. The van der Waals surface area contributed by atoms with Crippen LogP contribution >= 0.6 is 0 Å². The molecule has 0 radical (unpaired) electrons. The van der Waals surface area contributed by atoms with Gasteiger partial charge < -0.3 is 10.6 Å². The van der Waals surface area contributed by atoms with Crippen LogP contribution in [-0.2, 0) is 11.3 Å². The number of hydrogen-bond donors (Lipinski definition) is 2. The molecule has 0 spiro atoms. The van der Waals surface area contributed by atoms with Crippen LogP contribution < -0.4 is 10.6 Å². The van der Waals surface area contributed by atoms with Crippen LogP contribution in [0.1, 0.15) is 27.9 Å². The number of benzene rings is 1. The lowest BCUT2D eigenvalue weighted by atomic mass is 10.1. The smallest absolute Gasteiger partial charge is 0.251 e. The summed E-state index contributed by atoms with van der Waals surface area (Å²) in [6.45, 7) is 5.17. The average molecular weight is 314 g/mol. The van der Waals surface area contributed by atoms with E-state index in [2.05, 4.69) is 15.7 Å². The Kier molecular flexibility index (Phi) is 5.91. The largest absolute Gasteiger partial charge is 0.355 e. The van der Waals surface area contributed by atoms with E-state index in [0.717, 1.165) is 24.1 Å². The number of rotatable bonds is 7. The summed E-state index contributed by atoms with van der Waals surface area (Å²) >= 11 is 0. The van der Waals surface area contributed by atoms with Crippen LogP contribution in [0.5, 0.6) is 0 Å². The Hall–Kier alpha value is -2.63. The zero-order valence-electron chi connectivity index (χ0n) is 13.5. The number of aromatic nitrogens is 2. The lowest BCUT2D eigenvalue weighted by Gasteiger charge is -2.08. The first kappa shape index (κ1) is 16.7. The SMILES string of the molecule is Cc1cc(C)cc(C(=O)NCC(=O)NCCCn2cccn2)c1. The predicted octanol–water partition coefficient (Wildman–Crippen LogP) is 1.44. The number of nitrogens with zero attached hydrogens (tertiary/aromatic N) is 2. The Labute approximate surface area is 135 Å². The summed E-state index contributed by atoms with van der Waals surface area (Å²) in [5.74, 6) is -0.424. The zero-order chi connectivity index (χ0) is 16.7. The first-order valence-electron chi connectivity index (χ1n) is 7.65. The van der Waals surface area contributed by atoms with Gasteiger partial charge in [-0.05, 0) is 38.5 Å². The Bertz CT molecular complexity index is 645. The molecule has 0 saturated heterocycles. The van der Waals surface area contributed by atoms with Gasteiger partial charge in [0, 0.05) is 31.0 Å². The van der Waals surface area contributed by atoms with Gasteiger partial charge in [-0.25, -0.2) is 0 Å². The number of amides is 2. The molecule has 0 unspecified atom stereocenters. The first-order chi connectivity index (χ1) is 11.0. The molecule has 2 rings (SSSR count). The minimum atomic E-state index is -0.233. The molecule has 0 saturated carbocycles. The van der Waals surface area contributed by atoms with E-state index >= 15 is 0 Å². The fraction of sp³-hybridized carbons (Fsp3) is 0.353. The number of carbonyl (C=O) groups excluding carboxylic acids is 2. The first-order valence-corrected chi connectivity index (χ1v) is 7.65. The molecule has 23 heavy (non-hydrogen) atoms. The molecule has 2 amide bonds. The van der Waals surface area contributed by atoms with Crippen molar-refractivity contribution in [3.05, 3.63) is 53.3 Å². The van der Waals surface area contributed by atoms with Gasteiger partial charge in [0.1, 0.15) is 0 Å². The topological polar surface area (TPSA) is 76.0 Å². The maximum Gasteiger partial charge on any atom is 0.251 e. The van der Waals surface area contributed by atoms with Crippen molar-refractivity contribution in [2.24, 2.45) is 0 Å². The van der Waals surface area contributed by atoms with Gasteiger partial charge in [0.15, 0.2) is 0 Å². The second-order valence-electron chi connectivity index (χ2n) is 5.53. The minimum absolute atomic E-state index is 0.0202. The van der Waals surface area contributed by atoms with E-state index in [0.29, 0.717) is 12.1 Å².